The van der Waals surface area contributed by atoms with Gasteiger partial charge in [0.05, 0.1) is 0 Å². The summed E-state index contributed by atoms with van der Waals surface area (Å²) >= 11 is 3.60. The Kier molecular flexibility index (Phi) is 4.21. The van der Waals surface area contributed by atoms with E-state index in [2.05, 4.69) is 41.4 Å². The number of hydrogen-bond donors (Lipinski definition) is 1. The Labute approximate surface area is 126 Å². The van der Waals surface area contributed by atoms with Gasteiger partial charge in [-0.25, -0.2) is 9.89 Å². The molecule has 0 aliphatic carbocycles. The third-order valence-corrected chi connectivity index (χ3v) is 5.77. The highest BCUT2D eigenvalue weighted by molar-refractivity contribution is 8.00. The predicted octanol–water partition coefficient (Wildman–Crippen LogP) is 2.96. The first-order valence-electron chi connectivity index (χ1n) is 6.79. The molecule has 3 rings (SSSR count). The van der Waals surface area contributed by atoms with Crippen LogP contribution in [0.25, 0.3) is 0 Å². The van der Waals surface area contributed by atoms with Gasteiger partial charge in [-0.15, -0.1) is 16.9 Å². The molecule has 0 fully saturated rings. The van der Waals surface area contributed by atoms with Crippen LogP contribution in [0.3, 0.4) is 0 Å². The smallest absolute Gasteiger partial charge is 0.270 e. The molecule has 6 heteroatoms. The second kappa shape index (κ2) is 6.10. The molecule has 0 bridgehead atoms. The second-order valence-corrected chi connectivity index (χ2v) is 6.87. The molecule has 1 aliphatic heterocycles. The Balaban J connectivity index is 1.71. The average Bonchev–Trinajstić information content (AvgIpc) is 3.03. The second-order valence-electron chi connectivity index (χ2n) is 4.82. The molecule has 1 N–H and O–H groups in total. The summed E-state index contributed by atoms with van der Waals surface area (Å²) in [7, 11) is 0. The summed E-state index contributed by atoms with van der Waals surface area (Å²) in [5, 5.41) is 7.49. The Morgan fingerprint density at radius 2 is 2.35 bits per heavy atom. The van der Waals surface area contributed by atoms with Gasteiger partial charge >= 0.3 is 5.69 Å². The van der Waals surface area contributed by atoms with Gasteiger partial charge in [0.2, 0.25) is 0 Å². The van der Waals surface area contributed by atoms with E-state index >= 15 is 0 Å². The van der Waals surface area contributed by atoms with Crippen molar-refractivity contribution in [3.63, 3.8) is 0 Å². The van der Waals surface area contributed by atoms with Crippen molar-refractivity contribution < 1.29 is 0 Å². The van der Waals surface area contributed by atoms with Gasteiger partial charge in [-0.3, -0.25) is 4.57 Å². The summed E-state index contributed by atoms with van der Waals surface area (Å²) in [4.78, 5) is 13.0. The van der Waals surface area contributed by atoms with E-state index in [9.17, 15) is 4.79 Å². The number of hydrogen-bond acceptors (Lipinski definition) is 4. The maximum absolute atomic E-state index is 11.7. The number of fused-ring (bicyclic) bond motifs is 1. The number of rotatable bonds is 5. The van der Waals surface area contributed by atoms with E-state index in [0.717, 1.165) is 29.6 Å². The minimum absolute atomic E-state index is 0.101. The summed E-state index contributed by atoms with van der Waals surface area (Å²) in [5.74, 6) is 2.63. The topological polar surface area (TPSA) is 50.7 Å². The molecule has 20 heavy (non-hydrogen) atoms. The Morgan fingerprint density at radius 1 is 1.50 bits per heavy atom. The highest BCUT2D eigenvalue weighted by Gasteiger charge is 2.23. The molecule has 0 saturated heterocycles. The van der Waals surface area contributed by atoms with Crippen molar-refractivity contribution >= 4 is 23.5 Å². The van der Waals surface area contributed by atoms with Gasteiger partial charge in [0.25, 0.3) is 0 Å². The molecule has 4 nitrogen and oxygen atoms in total. The van der Waals surface area contributed by atoms with Crippen LogP contribution < -0.4 is 5.69 Å². The fourth-order valence-corrected chi connectivity index (χ4v) is 4.87. The molecule has 0 spiro atoms. The Morgan fingerprint density at radius 3 is 3.20 bits per heavy atom. The number of nitrogens with zero attached hydrogens (tertiary/aromatic N) is 2. The maximum Gasteiger partial charge on any atom is 0.343 e. The highest BCUT2D eigenvalue weighted by atomic mass is 32.2. The Bertz CT molecular complexity index is 650. The van der Waals surface area contributed by atoms with E-state index in [1.54, 1.807) is 16.3 Å². The minimum Gasteiger partial charge on any atom is -0.270 e. The number of H-pyrrole nitrogens is 1. The van der Waals surface area contributed by atoms with Crippen molar-refractivity contribution in [3.05, 3.63) is 40.3 Å². The number of nitrogens with one attached hydrogen (secondary N) is 1. The summed E-state index contributed by atoms with van der Waals surface area (Å²) < 4.78 is 1.73. The fraction of sp³-hybridized carbons (Fsp3) is 0.429. The largest absolute Gasteiger partial charge is 0.343 e. The third-order valence-electron chi connectivity index (χ3n) is 3.38. The van der Waals surface area contributed by atoms with Crippen LogP contribution in [0.15, 0.2) is 39.1 Å². The van der Waals surface area contributed by atoms with Gasteiger partial charge in [-0.2, -0.15) is 0 Å². The SMILES string of the molecule is CCCn1c(SCC2CSc3ccccc32)n[nH]c1=O. The molecule has 1 unspecified atom stereocenters. The van der Waals surface area contributed by atoms with Crippen molar-refractivity contribution in [1.29, 1.82) is 0 Å². The first-order valence-corrected chi connectivity index (χ1v) is 8.76. The van der Waals surface area contributed by atoms with Crippen molar-refractivity contribution in [3.8, 4) is 0 Å². The number of aromatic nitrogens is 3. The van der Waals surface area contributed by atoms with E-state index in [0.29, 0.717) is 5.92 Å². The van der Waals surface area contributed by atoms with Gasteiger partial charge < -0.3 is 0 Å². The lowest BCUT2D eigenvalue weighted by molar-refractivity contribution is 0.603. The van der Waals surface area contributed by atoms with Crippen LogP contribution in [0.2, 0.25) is 0 Å². The fourth-order valence-electron chi connectivity index (χ4n) is 2.38. The average molecular weight is 307 g/mol. The molecule has 0 saturated carbocycles. The van der Waals surface area contributed by atoms with Crippen molar-refractivity contribution in [2.75, 3.05) is 11.5 Å². The molecule has 0 amide bonds. The molecule has 106 valence electrons. The zero-order valence-electron chi connectivity index (χ0n) is 11.3. The van der Waals surface area contributed by atoms with Crippen molar-refractivity contribution in [1.82, 2.24) is 14.8 Å². The van der Waals surface area contributed by atoms with E-state index in [-0.39, 0.29) is 5.69 Å². The first-order chi connectivity index (χ1) is 9.79. The van der Waals surface area contributed by atoms with Gasteiger partial charge in [0, 0.05) is 28.9 Å². The minimum atomic E-state index is -0.101. The molecule has 1 atom stereocenters. The number of aromatic amines is 1. The van der Waals surface area contributed by atoms with Crippen molar-refractivity contribution in [2.45, 2.75) is 35.9 Å². The number of benzene rings is 1. The first kappa shape index (κ1) is 13.8. The van der Waals surface area contributed by atoms with Crippen LogP contribution in [-0.2, 0) is 6.54 Å². The van der Waals surface area contributed by atoms with Gasteiger partial charge in [-0.1, -0.05) is 36.9 Å². The lowest BCUT2D eigenvalue weighted by Gasteiger charge is -2.10. The van der Waals surface area contributed by atoms with Gasteiger partial charge in [0.15, 0.2) is 5.16 Å². The molecule has 1 aliphatic rings. The predicted molar refractivity (Wildman–Crippen MR) is 83.8 cm³/mol. The standard InChI is InChI=1S/C14H17N3OS2/c1-2-7-17-13(18)15-16-14(17)20-9-10-8-19-12-6-4-3-5-11(10)12/h3-6,10H,2,7-9H2,1H3,(H,15,18). The molecule has 0 radical (unpaired) electrons. The lowest BCUT2D eigenvalue weighted by atomic mass is 10.0. The van der Waals surface area contributed by atoms with Gasteiger partial charge in [0.1, 0.15) is 0 Å². The van der Waals surface area contributed by atoms with Crippen LogP contribution in [0, 0.1) is 0 Å². The summed E-state index contributed by atoms with van der Waals surface area (Å²) in [6.45, 7) is 2.80. The molecule has 2 heterocycles. The number of thioether (sulfide) groups is 2. The molecular formula is C14H17N3OS2. The van der Waals surface area contributed by atoms with Crippen LogP contribution in [0.4, 0.5) is 0 Å². The summed E-state index contributed by atoms with van der Waals surface area (Å²) in [6, 6.07) is 8.59. The van der Waals surface area contributed by atoms with Crippen LogP contribution >= 0.6 is 23.5 Å². The Hall–Kier alpha value is -1.14. The summed E-state index contributed by atoms with van der Waals surface area (Å²) in [5.41, 5.74) is 1.33. The third kappa shape index (κ3) is 2.67. The van der Waals surface area contributed by atoms with Crippen molar-refractivity contribution in [2.24, 2.45) is 0 Å². The van der Waals surface area contributed by atoms with E-state index < -0.39 is 0 Å². The zero-order chi connectivity index (χ0) is 13.9. The normalized spacial score (nSPS) is 17.4. The van der Waals surface area contributed by atoms with E-state index in [1.807, 2.05) is 11.8 Å². The van der Waals surface area contributed by atoms with E-state index in [1.165, 1.54) is 10.5 Å². The van der Waals surface area contributed by atoms with Crippen LogP contribution in [0.1, 0.15) is 24.8 Å². The maximum atomic E-state index is 11.7. The quantitative estimate of drug-likeness (QED) is 0.863. The van der Waals surface area contributed by atoms with Gasteiger partial charge in [-0.05, 0) is 18.1 Å². The molecule has 1 aromatic carbocycles. The highest BCUT2D eigenvalue weighted by Crippen LogP contribution is 2.41. The molecule has 1 aromatic heterocycles. The lowest BCUT2D eigenvalue weighted by Crippen LogP contribution is -2.17. The molecular weight excluding hydrogens is 290 g/mol. The zero-order valence-corrected chi connectivity index (χ0v) is 13.0. The van der Waals surface area contributed by atoms with Crippen LogP contribution in [0.5, 0.6) is 0 Å². The summed E-state index contributed by atoms with van der Waals surface area (Å²) in [6.07, 6.45) is 0.940. The van der Waals surface area contributed by atoms with E-state index in [4.69, 9.17) is 0 Å². The monoisotopic (exact) mass is 307 g/mol. The molecule has 2 aromatic rings. The van der Waals surface area contributed by atoms with Crippen LogP contribution in [-0.4, -0.2) is 26.3 Å².